The SMILES string of the molecule is CCCn1c(CN(C)C(C(N)=O)c2cccc(F)c2)nc2cc(S(=O)(=O)N(C)C)ccc21. The molecule has 0 saturated heterocycles. The fourth-order valence-electron chi connectivity index (χ4n) is 3.75. The first-order chi connectivity index (χ1) is 15.1. The number of carbonyl (C=O) groups excluding carboxylic acids is 1. The van der Waals surface area contributed by atoms with Gasteiger partial charge in [0, 0.05) is 20.6 Å². The van der Waals surface area contributed by atoms with Gasteiger partial charge in [0.25, 0.3) is 0 Å². The van der Waals surface area contributed by atoms with E-state index in [-0.39, 0.29) is 11.4 Å². The molecule has 0 aliphatic rings. The van der Waals surface area contributed by atoms with Crippen molar-refractivity contribution >= 4 is 27.0 Å². The molecule has 0 spiro atoms. The minimum Gasteiger partial charge on any atom is -0.368 e. The molecule has 1 atom stereocenters. The van der Waals surface area contributed by atoms with Crippen molar-refractivity contribution in [3.05, 3.63) is 59.7 Å². The highest BCUT2D eigenvalue weighted by molar-refractivity contribution is 7.89. The average Bonchev–Trinajstić information content (AvgIpc) is 3.04. The third-order valence-corrected chi connectivity index (χ3v) is 7.10. The molecule has 0 bridgehead atoms. The van der Waals surface area contributed by atoms with E-state index in [9.17, 15) is 17.6 Å². The van der Waals surface area contributed by atoms with Gasteiger partial charge in [-0.15, -0.1) is 0 Å². The van der Waals surface area contributed by atoms with Crippen molar-refractivity contribution in [1.82, 2.24) is 18.8 Å². The van der Waals surface area contributed by atoms with Crippen LogP contribution in [0, 0.1) is 5.82 Å². The second kappa shape index (κ2) is 9.35. The molecule has 3 rings (SSSR count). The van der Waals surface area contributed by atoms with Gasteiger partial charge in [-0.25, -0.2) is 22.1 Å². The molecule has 3 aromatic rings. The Balaban J connectivity index is 2.03. The van der Waals surface area contributed by atoms with E-state index in [0.29, 0.717) is 23.4 Å². The van der Waals surface area contributed by atoms with Gasteiger partial charge in [0.15, 0.2) is 0 Å². The van der Waals surface area contributed by atoms with E-state index >= 15 is 0 Å². The van der Waals surface area contributed by atoms with E-state index in [1.807, 2.05) is 11.5 Å². The van der Waals surface area contributed by atoms with Gasteiger partial charge < -0.3 is 10.3 Å². The van der Waals surface area contributed by atoms with Crippen molar-refractivity contribution in [3.8, 4) is 0 Å². The Bertz CT molecular complexity index is 1240. The van der Waals surface area contributed by atoms with Crippen LogP contribution in [0.15, 0.2) is 47.4 Å². The minimum atomic E-state index is -3.60. The number of aromatic nitrogens is 2. The largest absolute Gasteiger partial charge is 0.368 e. The zero-order chi connectivity index (χ0) is 23.6. The standard InChI is InChI=1S/C22H28FN5O3S/c1-5-11-28-19-10-9-17(32(30,31)26(2)3)13-18(19)25-20(28)14-27(4)21(22(24)29)15-7-6-8-16(23)12-15/h6-10,12-13,21H,5,11,14H2,1-4H3,(H2,24,29). The smallest absolute Gasteiger partial charge is 0.242 e. The van der Waals surface area contributed by atoms with Gasteiger partial charge in [-0.05, 0) is 49.4 Å². The number of imidazole rings is 1. The molecule has 0 radical (unpaired) electrons. The van der Waals surface area contributed by atoms with Crippen molar-refractivity contribution < 1.29 is 17.6 Å². The highest BCUT2D eigenvalue weighted by Gasteiger charge is 2.26. The van der Waals surface area contributed by atoms with Crippen LogP contribution in [0.3, 0.4) is 0 Å². The first-order valence-electron chi connectivity index (χ1n) is 10.2. The molecule has 1 unspecified atom stereocenters. The summed E-state index contributed by atoms with van der Waals surface area (Å²) in [5, 5.41) is 0. The zero-order valence-electron chi connectivity index (χ0n) is 18.6. The maximum atomic E-state index is 13.7. The predicted octanol–water partition coefficient (Wildman–Crippen LogP) is 2.49. The summed E-state index contributed by atoms with van der Waals surface area (Å²) in [4.78, 5) is 18.7. The van der Waals surface area contributed by atoms with Crippen molar-refractivity contribution in [2.45, 2.75) is 37.4 Å². The summed E-state index contributed by atoms with van der Waals surface area (Å²) < 4.78 is 41.9. The average molecular weight is 462 g/mol. The van der Waals surface area contributed by atoms with E-state index in [2.05, 4.69) is 4.98 Å². The Morgan fingerprint density at radius 2 is 1.91 bits per heavy atom. The van der Waals surface area contributed by atoms with Gasteiger partial charge in [0.2, 0.25) is 15.9 Å². The lowest BCUT2D eigenvalue weighted by atomic mass is 10.0. The lowest BCUT2D eigenvalue weighted by molar-refractivity contribution is -0.123. The first-order valence-corrected chi connectivity index (χ1v) is 11.7. The molecular formula is C22H28FN5O3S. The van der Waals surface area contributed by atoms with Gasteiger partial charge >= 0.3 is 0 Å². The molecular weight excluding hydrogens is 433 g/mol. The fraction of sp³-hybridized carbons (Fsp3) is 0.364. The Labute approximate surface area is 187 Å². The number of halogens is 1. The van der Waals surface area contributed by atoms with E-state index in [0.717, 1.165) is 16.2 Å². The number of hydrogen-bond donors (Lipinski definition) is 1. The number of amides is 1. The van der Waals surface area contributed by atoms with E-state index in [4.69, 9.17) is 5.73 Å². The molecule has 2 N–H and O–H groups in total. The molecule has 1 heterocycles. The van der Waals surface area contributed by atoms with Crippen LogP contribution in [-0.4, -0.2) is 54.2 Å². The summed E-state index contributed by atoms with van der Waals surface area (Å²) in [6.07, 6.45) is 0.836. The molecule has 0 aliphatic heterocycles. The van der Waals surface area contributed by atoms with Crippen LogP contribution in [0.25, 0.3) is 11.0 Å². The van der Waals surface area contributed by atoms with Crippen LogP contribution in [-0.2, 0) is 27.9 Å². The first kappa shape index (κ1) is 23.8. The second-order valence-electron chi connectivity index (χ2n) is 7.89. The number of nitrogens with zero attached hydrogens (tertiary/aromatic N) is 4. The third-order valence-electron chi connectivity index (χ3n) is 5.29. The third kappa shape index (κ3) is 4.67. The summed E-state index contributed by atoms with van der Waals surface area (Å²) in [6.45, 7) is 2.96. The molecule has 0 fully saturated rings. The number of primary amides is 1. The summed E-state index contributed by atoms with van der Waals surface area (Å²) in [5.41, 5.74) is 7.44. The number of carbonyl (C=O) groups is 1. The lowest BCUT2D eigenvalue weighted by Gasteiger charge is -2.26. The molecule has 32 heavy (non-hydrogen) atoms. The van der Waals surface area contributed by atoms with Crippen LogP contribution in [0.5, 0.6) is 0 Å². The Morgan fingerprint density at radius 3 is 2.50 bits per heavy atom. The molecule has 8 nitrogen and oxygen atoms in total. The van der Waals surface area contributed by atoms with E-state index in [1.165, 1.54) is 32.3 Å². The summed E-state index contributed by atoms with van der Waals surface area (Å²) in [5.74, 6) is -0.392. The molecule has 172 valence electrons. The summed E-state index contributed by atoms with van der Waals surface area (Å²) in [7, 11) is 1.08. The van der Waals surface area contributed by atoms with Gasteiger partial charge in [-0.2, -0.15) is 0 Å². The van der Waals surface area contributed by atoms with Gasteiger partial charge in [0.05, 0.1) is 22.5 Å². The second-order valence-corrected chi connectivity index (χ2v) is 10.0. The molecule has 0 aliphatic carbocycles. The van der Waals surface area contributed by atoms with E-state index in [1.54, 1.807) is 36.2 Å². The number of likely N-dealkylation sites (N-methyl/N-ethyl adjacent to an activating group) is 1. The van der Waals surface area contributed by atoms with Crippen LogP contribution < -0.4 is 5.73 Å². The fourth-order valence-corrected chi connectivity index (χ4v) is 4.67. The Hall–Kier alpha value is -2.82. The number of aryl methyl sites for hydroxylation is 1. The molecule has 1 amide bonds. The molecule has 0 saturated carbocycles. The van der Waals surface area contributed by atoms with Crippen molar-refractivity contribution in [2.75, 3.05) is 21.1 Å². The zero-order valence-corrected chi connectivity index (χ0v) is 19.4. The van der Waals surface area contributed by atoms with Gasteiger partial charge in [-0.3, -0.25) is 9.69 Å². The Morgan fingerprint density at radius 1 is 1.19 bits per heavy atom. The highest BCUT2D eigenvalue weighted by atomic mass is 32.2. The number of nitrogens with two attached hydrogens (primary N) is 1. The van der Waals surface area contributed by atoms with E-state index < -0.39 is 27.8 Å². The monoisotopic (exact) mass is 461 g/mol. The maximum Gasteiger partial charge on any atom is 0.242 e. The number of benzene rings is 2. The minimum absolute atomic E-state index is 0.158. The number of fused-ring (bicyclic) bond motifs is 1. The van der Waals surface area contributed by atoms with Crippen molar-refractivity contribution in [3.63, 3.8) is 0 Å². The van der Waals surface area contributed by atoms with Crippen LogP contribution >= 0.6 is 0 Å². The normalized spacial score (nSPS) is 13.2. The number of sulfonamides is 1. The maximum absolute atomic E-state index is 13.7. The predicted molar refractivity (Wildman–Crippen MR) is 121 cm³/mol. The van der Waals surface area contributed by atoms with Crippen LogP contribution in [0.2, 0.25) is 0 Å². The topological polar surface area (TPSA) is 102 Å². The van der Waals surface area contributed by atoms with Gasteiger partial charge in [-0.1, -0.05) is 19.1 Å². The lowest BCUT2D eigenvalue weighted by Crippen LogP contribution is -2.35. The Kier molecular flexibility index (Phi) is 6.97. The summed E-state index contributed by atoms with van der Waals surface area (Å²) in [6, 6.07) is 9.81. The van der Waals surface area contributed by atoms with Gasteiger partial charge in [0.1, 0.15) is 17.7 Å². The molecule has 2 aromatic carbocycles. The molecule has 10 heteroatoms. The van der Waals surface area contributed by atoms with Crippen molar-refractivity contribution in [1.29, 1.82) is 0 Å². The van der Waals surface area contributed by atoms with Crippen LogP contribution in [0.4, 0.5) is 4.39 Å². The number of rotatable bonds is 9. The number of hydrogen-bond acceptors (Lipinski definition) is 5. The molecule has 1 aromatic heterocycles. The highest BCUT2D eigenvalue weighted by Crippen LogP contribution is 2.26. The summed E-state index contributed by atoms with van der Waals surface area (Å²) >= 11 is 0. The van der Waals surface area contributed by atoms with Crippen LogP contribution in [0.1, 0.15) is 30.8 Å². The quantitative estimate of drug-likeness (QED) is 0.528. The van der Waals surface area contributed by atoms with Crippen molar-refractivity contribution in [2.24, 2.45) is 5.73 Å².